The Balaban J connectivity index is 1.82. The van der Waals surface area contributed by atoms with Crippen molar-refractivity contribution in [1.29, 1.82) is 0 Å². The number of hydrogen-bond donors (Lipinski definition) is 0. The van der Waals surface area contributed by atoms with E-state index in [4.69, 9.17) is 10.3 Å². The number of para-hydroxylation sites is 1. The van der Waals surface area contributed by atoms with Crippen molar-refractivity contribution in [2.24, 2.45) is 5.11 Å². The number of nitrogens with zero attached hydrogens (tertiary/aromatic N) is 4. The number of aldehydes is 1. The number of benzene rings is 2. The molecule has 0 bridgehead atoms. The van der Waals surface area contributed by atoms with E-state index in [1.165, 1.54) is 5.56 Å². The number of hydrogen-bond acceptors (Lipinski definition) is 3. The fourth-order valence-electron chi connectivity index (χ4n) is 4.24. The van der Waals surface area contributed by atoms with Gasteiger partial charge < -0.3 is 9.30 Å². The molecule has 0 aliphatic carbocycles. The van der Waals surface area contributed by atoms with Crippen LogP contribution in [-0.4, -0.2) is 17.0 Å². The van der Waals surface area contributed by atoms with Crippen LogP contribution in [-0.2, 0) is 6.54 Å². The van der Waals surface area contributed by atoms with Crippen molar-refractivity contribution < 1.29 is 9.53 Å². The fraction of sp³-hybridized carbons (Fsp3) is 0.286. The molecular formula is C21H20N4O2. The van der Waals surface area contributed by atoms with Gasteiger partial charge in [0.15, 0.2) is 6.29 Å². The quantitative estimate of drug-likeness (QED) is 0.278. The van der Waals surface area contributed by atoms with E-state index in [2.05, 4.69) is 29.1 Å². The van der Waals surface area contributed by atoms with Gasteiger partial charge in [0.25, 0.3) is 0 Å². The molecule has 136 valence electrons. The highest BCUT2D eigenvalue weighted by atomic mass is 16.5. The number of ether oxygens (including phenoxy) is 1. The Morgan fingerprint density at radius 2 is 1.93 bits per heavy atom. The van der Waals surface area contributed by atoms with Gasteiger partial charge in [-0.2, -0.15) is 0 Å². The van der Waals surface area contributed by atoms with Gasteiger partial charge in [0.2, 0.25) is 0 Å². The summed E-state index contributed by atoms with van der Waals surface area (Å²) in [5.41, 5.74) is 14.7. The van der Waals surface area contributed by atoms with Crippen LogP contribution in [0.2, 0.25) is 0 Å². The SMILES string of the molecule is Cc1cc(C)c(O[C@@H]2Cn3c(c(C=O)c4ccccc43)[C@H]2N=[N+]=[N-])c(C)c1. The standard InChI is InChI=1S/C21H20N4O2/c1-12-8-13(2)21(14(3)9-12)27-18-10-25-17-7-5-4-6-15(17)16(11-26)20(25)19(18)23-24-22/h4-9,11,18-19H,10H2,1-3H3/t18-,19+/m1/s1. The van der Waals surface area contributed by atoms with E-state index in [1.807, 2.05) is 42.7 Å². The Kier molecular flexibility index (Phi) is 4.13. The Bertz CT molecular complexity index is 1090. The molecule has 0 N–H and O–H groups in total. The van der Waals surface area contributed by atoms with Crippen LogP contribution in [0.1, 0.15) is 38.8 Å². The Hall–Kier alpha value is -3.24. The topological polar surface area (TPSA) is 80.0 Å². The van der Waals surface area contributed by atoms with Crippen LogP contribution in [0.5, 0.6) is 5.75 Å². The zero-order chi connectivity index (χ0) is 19.1. The molecule has 0 radical (unpaired) electrons. The third-order valence-electron chi connectivity index (χ3n) is 5.21. The summed E-state index contributed by atoms with van der Waals surface area (Å²) in [6.45, 7) is 6.61. The van der Waals surface area contributed by atoms with E-state index in [9.17, 15) is 4.79 Å². The average molecular weight is 360 g/mol. The van der Waals surface area contributed by atoms with Crippen LogP contribution < -0.4 is 4.74 Å². The number of fused-ring (bicyclic) bond motifs is 3. The first-order chi connectivity index (χ1) is 13.0. The summed E-state index contributed by atoms with van der Waals surface area (Å²) in [5.74, 6) is 0.812. The summed E-state index contributed by atoms with van der Waals surface area (Å²) in [7, 11) is 0. The molecule has 27 heavy (non-hydrogen) atoms. The van der Waals surface area contributed by atoms with Gasteiger partial charge >= 0.3 is 0 Å². The van der Waals surface area contributed by atoms with Gasteiger partial charge in [-0.1, -0.05) is 41.0 Å². The maximum atomic E-state index is 11.8. The number of carbonyl (C=O) groups excluding carboxylic acids is 1. The van der Waals surface area contributed by atoms with Crippen LogP contribution in [0.3, 0.4) is 0 Å². The van der Waals surface area contributed by atoms with Crippen molar-refractivity contribution in [1.82, 2.24) is 4.57 Å². The van der Waals surface area contributed by atoms with Gasteiger partial charge in [-0.05, 0) is 43.5 Å². The van der Waals surface area contributed by atoms with Crippen molar-refractivity contribution in [3.05, 3.63) is 74.8 Å². The highest BCUT2D eigenvalue weighted by Crippen LogP contribution is 2.41. The molecule has 0 spiro atoms. The molecule has 0 saturated carbocycles. The predicted octanol–water partition coefficient (Wildman–Crippen LogP) is 5.19. The molecule has 1 aliphatic rings. The summed E-state index contributed by atoms with van der Waals surface area (Å²) >= 11 is 0. The molecule has 0 saturated heterocycles. The van der Waals surface area contributed by atoms with E-state index < -0.39 is 6.04 Å². The minimum absolute atomic E-state index is 0.362. The van der Waals surface area contributed by atoms with E-state index >= 15 is 0 Å². The molecule has 1 aliphatic heterocycles. The summed E-state index contributed by atoms with van der Waals surface area (Å²) in [5, 5.41) is 4.88. The number of aryl methyl sites for hydroxylation is 3. The summed E-state index contributed by atoms with van der Waals surface area (Å²) in [6, 6.07) is 11.3. The van der Waals surface area contributed by atoms with Crippen LogP contribution in [0.15, 0.2) is 41.5 Å². The molecule has 1 aromatic heterocycles. The molecule has 0 unspecified atom stereocenters. The largest absolute Gasteiger partial charge is 0.487 e. The van der Waals surface area contributed by atoms with E-state index in [0.29, 0.717) is 12.1 Å². The molecule has 0 amide bonds. The van der Waals surface area contributed by atoms with Crippen molar-refractivity contribution in [3.8, 4) is 5.75 Å². The van der Waals surface area contributed by atoms with Gasteiger partial charge in [-0.15, -0.1) is 0 Å². The van der Waals surface area contributed by atoms with E-state index in [0.717, 1.165) is 39.8 Å². The first-order valence-corrected chi connectivity index (χ1v) is 8.90. The molecule has 2 heterocycles. The molecule has 6 heteroatoms. The highest BCUT2D eigenvalue weighted by molar-refractivity contribution is 6.00. The second-order valence-corrected chi connectivity index (χ2v) is 7.08. The number of rotatable bonds is 4. The Labute approximate surface area is 157 Å². The maximum Gasteiger partial charge on any atom is 0.152 e. The Morgan fingerprint density at radius 3 is 2.59 bits per heavy atom. The summed E-state index contributed by atoms with van der Waals surface area (Å²) in [4.78, 5) is 14.8. The third-order valence-corrected chi connectivity index (χ3v) is 5.21. The number of carbonyl (C=O) groups is 1. The van der Waals surface area contributed by atoms with Gasteiger partial charge in [0.1, 0.15) is 17.9 Å². The molecule has 6 nitrogen and oxygen atoms in total. The first kappa shape index (κ1) is 17.2. The van der Waals surface area contributed by atoms with Gasteiger partial charge in [0, 0.05) is 27.1 Å². The first-order valence-electron chi connectivity index (χ1n) is 8.90. The monoisotopic (exact) mass is 360 g/mol. The summed E-state index contributed by atoms with van der Waals surface area (Å²) in [6.07, 6.45) is 0.484. The zero-order valence-corrected chi connectivity index (χ0v) is 15.5. The van der Waals surface area contributed by atoms with Crippen molar-refractivity contribution in [2.45, 2.75) is 39.5 Å². The van der Waals surface area contributed by atoms with E-state index in [-0.39, 0.29) is 6.10 Å². The van der Waals surface area contributed by atoms with Gasteiger partial charge in [-0.3, -0.25) is 4.79 Å². The number of azide groups is 1. The van der Waals surface area contributed by atoms with E-state index in [1.54, 1.807) is 0 Å². The fourth-order valence-corrected chi connectivity index (χ4v) is 4.24. The van der Waals surface area contributed by atoms with Gasteiger partial charge in [0.05, 0.1) is 6.54 Å². The molecule has 3 aromatic rings. The molecule has 2 aromatic carbocycles. The second kappa shape index (κ2) is 6.49. The molecular weight excluding hydrogens is 340 g/mol. The van der Waals surface area contributed by atoms with Crippen LogP contribution >= 0.6 is 0 Å². The minimum Gasteiger partial charge on any atom is -0.487 e. The normalized spacial score (nSPS) is 18.2. The highest BCUT2D eigenvalue weighted by Gasteiger charge is 2.38. The van der Waals surface area contributed by atoms with Crippen LogP contribution in [0, 0.1) is 20.8 Å². The summed E-state index contributed by atoms with van der Waals surface area (Å²) < 4.78 is 8.39. The lowest BCUT2D eigenvalue weighted by atomic mass is 10.0. The molecule has 0 fully saturated rings. The lowest BCUT2D eigenvalue weighted by molar-refractivity contribution is 0.112. The molecule has 2 atom stereocenters. The van der Waals surface area contributed by atoms with Crippen LogP contribution in [0.25, 0.3) is 21.3 Å². The van der Waals surface area contributed by atoms with Crippen molar-refractivity contribution >= 4 is 17.2 Å². The zero-order valence-electron chi connectivity index (χ0n) is 15.5. The molecule has 4 rings (SSSR count). The second-order valence-electron chi connectivity index (χ2n) is 7.08. The average Bonchev–Trinajstić information content (AvgIpc) is 3.13. The van der Waals surface area contributed by atoms with Gasteiger partial charge in [-0.25, -0.2) is 0 Å². The third kappa shape index (κ3) is 2.66. The Morgan fingerprint density at radius 1 is 1.22 bits per heavy atom. The predicted molar refractivity (Wildman–Crippen MR) is 104 cm³/mol. The smallest absolute Gasteiger partial charge is 0.152 e. The van der Waals surface area contributed by atoms with Crippen molar-refractivity contribution in [2.75, 3.05) is 0 Å². The lowest BCUT2D eigenvalue weighted by Crippen LogP contribution is -2.22. The maximum absolute atomic E-state index is 11.8. The van der Waals surface area contributed by atoms with Crippen molar-refractivity contribution in [3.63, 3.8) is 0 Å². The minimum atomic E-state index is -0.553. The lowest BCUT2D eigenvalue weighted by Gasteiger charge is -2.21. The number of aromatic nitrogens is 1. The van der Waals surface area contributed by atoms with Crippen LogP contribution in [0.4, 0.5) is 0 Å².